The zero-order chi connectivity index (χ0) is 25.3. The van der Waals surface area contributed by atoms with E-state index in [1.807, 2.05) is 0 Å². The number of sulfonamides is 1. The minimum atomic E-state index is -3.89. The molecule has 7 nitrogen and oxygen atoms in total. The minimum Gasteiger partial charge on any atom is -0.304 e. The van der Waals surface area contributed by atoms with Crippen LogP contribution in [0.25, 0.3) is 0 Å². The van der Waals surface area contributed by atoms with Gasteiger partial charge in [-0.3, -0.25) is 9.48 Å². The third-order valence-electron chi connectivity index (χ3n) is 5.53. The Morgan fingerprint density at radius 3 is 2.23 bits per heavy atom. The van der Waals surface area contributed by atoms with E-state index in [1.165, 1.54) is 27.3 Å². The lowest BCUT2D eigenvalue weighted by Crippen LogP contribution is -2.35. The lowest BCUT2D eigenvalue weighted by Gasteiger charge is -2.26. The maximum absolute atomic E-state index is 13.1. The summed E-state index contributed by atoms with van der Waals surface area (Å²) in [6, 6.07) is 7.56. The van der Waals surface area contributed by atoms with E-state index in [0.29, 0.717) is 28.7 Å². The van der Waals surface area contributed by atoms with E-state index >= 15 is 0 Å². The molecule has 0 radical (unpaired) electrons. The highest BCUT2D eigenvalue weighted by atomic mass is 35.5. The molecule has 2 heterocycles. The second-order valence-electron chi connectivity index (χ2n) is 7.90. The van der Waals surface area contributed by atoms with Crippen LogP contribution in [-0.2, 0) is 16.6 Å². The van der Waals surface area contributed by atoms with Crippen LogP contribution in [0.15, 0.2) is 41.4 Å². The predicted molar refractivity (Wildman–Crippen MR) is 140 cm³/mol. The molecule has 0 spiro atoms. The number of rotatable bonds is 6. The zero-order valence-corrected chi connectivity index (χ0v) is 22.7. The van der Waals surface area contributed by atoms with Gasteiger partial charge in [0.2, 0.25) is 10.0 Å². The Kier molecular flexibility index (Phi) is 8.22. The van der Waals surface area contributed by atoms with E-state index in [0.717, 1.165) is 19.3 Å². The Hall–Kier alpha value is -1.52. The first-order chi connectivity index (χ1) is 16.6. The van der Waals surface area contributed by atoms with Crippen molar-refractivity contribution < 1.29 is 13.2 Å². The molecular weight excluding hydrogens is 578 g/mol. The second kappa shape index (κ2) is 10.8. The molecule has 186 valence electrons. The minimum absolute atomic E-state index is 0.0106. The first kappa shape index (κ1) is 26.5. The molecule has 0 bridgehead atoms. The molecule has 0 aliphatic carbocycles. The topological polar surface area (TPSA) is 84.3 Å². The molecular formula is C22H19Cl5N4O3S. The Morgan fingerprint density at radius 1 is 0.914 bits per heavy atom. The van der Waals surface area contributed by atoms with Crippen molar-refractivity contribution >= 4 is 79.8 Å². The van der Waals surface area contributed by atoms with Gasteiger partial charge in [0, 0.05) is 34.9 Å². The highest BCUT2D eigenvalue weighted by Crippen LogP contribution is 2.33. The van der Waals surface area contributed by atoms with Gasteiger partial charge in [-0.05, 0) is 37.1 Å². The molecule has 0 saturated carbocycles. The summed E-state index contributed by atoms with van der Waals surface area (Å²) in [5.41, 5.74) is 0.563. The maximum Gasteiger partial charge on any atom is 0.258 e. The predicted octanol–water partition coefficient (Wildman–Crippen LogP) is 6.63. The molecule has 1 aliphatic rings. The van der Waals surface area contributed by atoms with Gasteiger partial charge in [0.25, 0.3) is 5.91 Å². The lowest BCUT2D eigenvalue weighted by atomic mass is 10.2. The zero-order valence-electron chi connectivity index (χ0n) is 18.1. The fourth-order valence-electron chi connectivity index (χ4n) is 3.73. The van der Waals surface area contributed by atoms with Gasteiger partial charge in [-0.1, -0.05) is 70.5 Å². The third-order valence-corrected chi connectivity index (χ3v) is 9.19. The summed E-state index contributed by atoms with van der Waals surface area (Å²) in [4.78, 5) is 12.9. The van der Waals surface area contributed by atoms with Gasteiger partial charge >= 0.3 is 0 Å². The summed E-state index contributed by atoms with van der Waals surface area (Å²) in [6.45, 7) is 1.00. The number of amides is 1. The molecule has 0 unspecified atom stereocenters. The maximum atomic E-state index is 13.1. The van der Waals surface area contributed by atoms with Crippen LogP contribution in [0.1, 0.15) is 35.2 Å². The highest BCUT2D eigenvalue weighted by molar-refractivity contribution is 7.89. The number of piperidine rings is 1. The van der Waals surface area contributed by atoms with Gasteiger partial charge in [0.1, 0.15) is 9.92 Å². The van der Waals surface area contributed by atoms with Gasteiger partial charge in [-0.25, -0.2) is 8.42 Å². The first-order valence-electron chi connectivity index (χ1n) is 10.5. The third kappa shape index (κ3) is 5.74. The van der Waals surface area contributed by atoms with Gasteiger partial charge in [-0.2, -0.15) is 9.40 Å². The number of nitrogens with zero attached hydrogens (tertiary/aromatic N) is 3. The highest BCUT2D eigenvalue weighted by Gasteiger charge is 2.30. The van der Waals surface area contributed by atoms with Gasteiger partial charge in [0.15, 0.2) is 5.82 Å². The van der Waals surface area contributed by atoms with E-state index in [9.17, 15) is 13.2 Å². The summed E-state index contributed by atoms with van der Waals surface area (Å²) in [7, 11) is -3.89. The molecule has 13 heteroatoms. The van der Waals surface area contributed by atoms with Crippen molar-refractivity contribution in [1.82, 2.24) is 14.1 Å². The molecule has 35 heavy (non-hydrogen) atoms. The largest absolute Gasteiger partial charge is 0.304 e. The number of hydrogen-bond donors (Lipinski definition) is 1. The van der Waals surface area contributed by atoms with Crippen LogP contribution in [-0.4, -0.2) is 41.5 Å². The van der Waals surface area contributed by atoms with Gasteiger partial charge in [0.05, 0.1) is 22.2 Å². The molecule has 0 atom stereocenters. The van der Waals surface area contributed by atoms with E-state index in [1.54, 1.807) is 18.2 Å². The SMILES string of the molecule is O=C(Nc1nn(Cc2c(Cl)cccc2Cl)cc1Cl)c1cc(S(=O)(=O)N2CCCCC2)c(Cl)cc1Cl. The fraction of sp³-hybridized carbons (Fsp3) is 0.273. The van der Waals surface area contributed by atoms with Crippen LogP contribution in [0.4, 0.5) is 5.82 Å². The van der Waals surface area contributed by atoms with Gasteiger partial charge in [-0.15, -0.1) is 0 Å². The van der Waals surface area contributed by atoms with Crippen molar-refractivity contribution in [2.45, 2.75) is 30.7 Å². The number of nitrogens with one attached hydrogen (secondary N) is 1. The fourth-order valence-corrected chi connectivity index (χ4v) is 6.79. The number of halogens is 5. The molecule has 1 saturated heterocycles. The van der Waals surface area contributed by atoms with Crippen LogP contribution in [0.2, 0.25) is 25.1 Å². The van der Waals surface area contributed by atoms with Crippen LogP contribution in [0.3, 0.4) is 0 Å². The monoisotopic (exact) mass is 594 g/mol. The summed E-state index contributed by atoms with van der Waals surface area (Å²) in [5, 5.41) is 7.88. The number of anilines is 1. The summed E-state index contributed by atoms with van der Waals surface area (Å²) in [5.74, 6) is -0.629. The summed E-state index contributed by atoms with van der Waals surface area (Å²) >= 11 is 31.2. The molecule has 1 aromatic heterocycles. The molecule has 1 amide bonds. The first-order valence-corrected chi connectivity index (χ1v) is 13.9. The normalized spacial score (nSPS) is 14.8. The van der Waals surface area contributed by atoms with E-state index in [4.69, 9.17) is 58.0 Å². The summed E-state index contributed by atoms with van der Waals surface area (Å²) < 4.78 is 29.1. The average Bonchev–Trinajstić information content (AvgIpc) is 3.15. The van der Waals surface area contributed by atoms with Crippen molar-refractivity contribution in [1.29, 1.82) is 0 Å². The van der Waals surface area contributed by atoms with Crippen LogP contribution in [0, 0.1) is 0 Å². The Bertz CT molecular complexity index is 1370. The van der Waals surface area contributed by atoms with Gasteiger partial charge < -0.3 is 5.32 Å². The molecule has 3 aromatic rings. The molecule has 4 rings (SSSR count). The standard InChI is InChI=1S/C22H19Cl5N4O3S/c23-15-5-4-6-16(24)14(15)11-30-12-19(27)21(29-30)28-22(32)13-9-20(18(26)10-17(13)25)35(33,34)31-7-2-1-3-8-31/h4-6,9-10,12H,1-3,7-8,11H2,(H,28,29,32). The molecule has 1 N–H and O–H groups in total. The van der Waals surface area contributed by atoms with Crippen molar-refractivity contribution in [3.8, 4) is 0 Å². The van der Waals surface area contributed by atoms with Crippen molar-refractivity contribution in [2.75, 3.05) is 18.4 Å². The second-order valence-corrected chi connectivity index (χ2v) is 11.8. The smallest absolute Gasteiger partial charge is 0.258 e. The molecule has 1 fully saturated rings. The van der Waals surface area contributed by atoms with Crippen molar-refractivity contribution in [3.63, 3.8) is 0 Å². The van der Waals surface area contributed by atoms with Crippen LogP contribution >= 0.6 is 58.0 Å². The molecule has 2 aromatic carbocycles. The van der Waals surface area contributed by atoms with Crippen LogP contribution < -0.4 is 5.32 Å². The van der Waals surface area contributed by atoms with Crippen molar-refractivity contribution in [3.05, 3.63) is 72.8 Å². The van der Waals surface area contributed by atoms with Crippen LogP contribution in [0.5, 0.6) is 0 Å². The van der Waals surface area contributed by atoms with E-state index in [2.05, 4.69) is 10.4 Å². The summed E-state index contributed by atoms with van der Waals surface area (Å²) in [6.07, 6.45) is 3.99. The van der Waals surface area contributed by atoms with E-state index < -0.39 is 15.9 Å². The Morgan fingerprint density at radius 2 is 1.57 bits per heavy atom. The number of aromatic nitrogens is 2. The number of hydrogen-bond acceptors (Lipinski definition) is 4. The quantitative estimate of drug-likeness (QED) is 0.347. The van der Waals surface area contributed by atoms with E-state index in [-0.39, 0.29) is 37.9 Å². The average molecular weight is 597 g/mol. The molecule has 1 aliphatic heterocycles. The Labute approximate surface area is 227 Å². The Balaban J connectivity index is 1.59. The number of benzene rings is 2. The van der Waals surface area contributed by atoms with Crippen molar-refractivity contribution in [2.24, 2.45) is 0 Å². The number of carbonyl (C=O) groups is 1. The lowest BCUT2D eigenvalue weighted by molar-refractivity contribution is 0.102. The number of carbonyl (C=O) groups excluding carboxylic acids is 1.